The average Bonchev–Trinajstić information content (AvgIpc) is 3.23. The van der Waals surface area contributed by atoms with Crippen molar-refractivity contribution in [2.24, 2.45) is 35.5 Å². The van der Waals surface area contributed by atoms with E-state index in [1.807, 2.05) is 0 Å². The molecule has 0 aromatic carbocycles. The topological polar surface area (TPSA) is 80.8 Å². The molecule has 4 aliphatic carbocycles. The molecule has 2 amide bonds. The van der Waals surface area contributed by atoms with Crippen LogP contribution in [0.4, 0.5) is 0 Å². The summed E-state index contributed by atoms with van der Waals surface area (Å²) in [5.74, 6) is -0.845. The molecule has 1 aliphatic heterocycles. The van der Waals surface area contributed by atoms with Crippen molar-refractivity contribution in [2.45, 2.75) is 6.42 Å². The second-order valence-electron chi connectivity index (χ2n) is 7.48. The van der Waals surface area contributed by atoms with E-state index in [9.17, 15) is 19.2 Å². The van der Waals surface area contributed by atoms with E-state index in [0.29, 0.717) is 16.7 Å². The Morgan fingerprint density at radius 2 is 1.77 bits per heavy atom. The summed E-state index contributed by atoms with van der Waals surface area (Å²) in [6.07, 6.45) is 5.28. The maximum Gasteiger partial charge on any atom is 0.326 e. The van der Waals surface area contributed by atoms with Gasteiger partial charge in [0.05, 0.1) is 16.7 Å². The van der Waals surface area contributed by atoms with Crippen LogP contribution in [0.1, 0.15) is 16.1 Å². The number of rotatable bonds is 5. The first-order valence-electron chi connectivity index (χ1n) is 8.82. The first-order valence-corrected chi connectivity index (χ1v) is 9.70. The Labute approximate surface area is 153 Å². The molecule has 1 aromatic heterocycles. The third-order valence-electron chi connectivity index (χ3n) is 6.20. The van der Waals surface area contributed by atoms with Crippen molar-refractivity contribution in [3.8, 4) is 0 Å². The van der Waals surface area contributed by atoms with E-state index in [1.165, 1.54) is 11.3 Å². The minimum Gasteiger partial charge on any atom is -0.456 e. The zero-order valence-electron chi connectivity index (χ0n) is 13.9. The van der Waals surface area contributed by atoms with E-state index >= 15 is 0 Å². The highest BCUT2D eigenvalue weighted by Crippen LogP contribution is 2.65. The predicted molar refractivity (Wildman–Crippen MR) is 91.0 cm³/mol. The lowest BCUT2D eigenvalue weighted by atomic mass is 9.63. The molecule has 2 saturated carbocycles. The summed E-state index contributed by atoms with van der Waals surface area (Å²) in [4.78, 5) is 51.1. The Balaban J connectivity index is 1.24. The smallest absolute Gasteiger partial charge is 0.326 e. The second-order valence-corrected chi connectivity index (χ2v) is 8.43. The summed E-state index contributed by atoms with van der Waals surface area (Å²) < 4.78 is 5.00. The van der Waals surface area contributed by atoms with E-state index in [1.54, 1.807) is 17.5 Å². The van der Waals surface area contributed by atoms with Crippen LogP contribution in [0.25, 0.3) is 0 Å². The average molecular weight is 371 g/mol. The predicted octanol–water partition coefficient (Wildman–Crippen LogP) is 1.53. The minimum absolute atomic E-state index is 0.132. The zero-order chi connectivity index (χ0) is 18.0. The summed E-state index contributed by atoms with van der Waals surface area (Å²) in [5.41, 5.74) is 0. The number of hydrogen-bond acceptors (Lipinski definition) is 6. The summed E-state index contributed by atoms with van der Waals surface area (Å²) in [7, 11) is 0. The van der Waals surface area contributed by atoms with Gasteiger partial charge in [0, 0.05) is 0 Å². The zero-order valence-corrected chi connectivity index (χ0v) is 14.7. The maximum absolute atomic E-state index is 12.8. The van der Waals surface area contributed by atoms with Crippen LogP contribution >= 0.6 is 11.3 Å². The lowest BCUT2D eigenvalue weighted by molar-refractivity contribution is -0.152. The number of imide groups is 1. The van der Waals surface area contributed by atoms with Crippen LogP contribution in [0.2, 0.25) is 0 Å². The van der Waals surface area contributed by atoms with Crippen LogP contribution < -0.4 is 0 Å². The molecule has 3 fully saturated rings. The first-order chi connectivity index (χ1) is 12.6. The van der Waals surface area contributed by atoms with Crippen molar-refractivity contribution in [3.63, 3.8) is 0 Å². The van der Waals surface area contributed by atoms with E-state index in [2.05, 4.69) is 12.2 Å². The number of ether oxygens (including phenoxy) is 1. The highest BCUT2D eigenvalue weighted by Gasteiger charge is 2.67. The SMILES string of the molecule is O=C(CN1C(=O)[C@@H]2[C@H]3C=C[C@@H]([C@@H]4C[C@H]34)[C@@H]2C1=O)OCC(=O)c1cccs1. The molecule has 134 valence electrons. The van der Waals surface area contributed by atoms with Gasteiger partial charge < -0.3 is 4.74 Å². The molecule has 0 radical (unpaired) electrons. The van der Waals surface area contributed by atoms with Crippen molar-refractivity contribution < 1.29 is 23.9 Å². The number of hydrogen-bond donors (Lipinski definition) is 0. The van der Waals surface area contributed by atoms with Gasteiger partial charge in [-0.1, -0.05) is 18.2 Å². The van der Waals surface area contributed by atoms with Gasteiger partial charge in [-0.3, -0.25) is 24.1 Å². The van der Waals surface area contributed by atoms with Gasteiger partial charge in [0.1, 0.15) is 6.54 Å². The Bertz CT molecular complexity index is 808. The lowest BCUT2D eigenvalue weighted by Gasteiger charge is -2.37. The number of esters is 1. The van der Waals surface area contributed by atoms with E-state index in [-0.39, 0.29) is 47.9 Å². The standard InChI is InChI=1S/C19H17NO5S/c21-13(14-2-1-5-26-14)8-25-15(22)7-20-18(23)16-9-3-4-10(12-6-11(9)12)17(16)19(20)24/h1-5,9-12,16-17H,6-8H2/t9-,10-,11-,12+,16-,17+/m0/s1. The fourth-order valence-electron chi connectivity index (χ4n) is 5.00. The second kappa shape index (κ2) is 5.61. The molecule has 6 atom stereocenters. The number of Topliss-reactive ketones (excluding diaryl/α,β-unsaturated/α-hetero) is 1. The highest BCUT2D eigenvalue weighted by molar-refractivity contribution is 7.12. The molecule has 1 saturated heterocycles. The Morgan fingerprint density at radius 1 is 1.12 bits per heavy atom. The number of carbonyl (C=O) groups is 4. The van der Waals surface area contributed by atoms with Gasteiger partial charge >= 0.3 is 5.97 Å². The number of ketones is 1. The fourth-order valence-corrected chi connectivity index (χ4v) is 5.65. The number of nitrogens with zero attached hydrogens (tertiary/aromatic N) is 1. The number of likely N-dealkylation sites (tertiary alicyclic amines) is 1. The number of carbonyl (C=O) groups excluding carboxylic acids is 4. The van der Waals surface area contributed by atoms with Gasteiger partial charge in [-0.05, 0) is 41.5 Å². The van der Waals surface area contributed by atoms with Crippen molar-refractivity contribution in [1.82, 2.24) is 4.90 Å². The lowest BCUT2D eigenvalue weighted by Crippen LogP contribution is -2.40. The highest BCUT2D eigenvalue weighted by atomic mass is 32.1. The molecular weight excluding hydrogens is 354 g/mol. The summed E-state index contributed by atoms with van der Waals surface area (Å²) >= 11 is 1.28. The van der Waals surface area contributed by atoms with E-state index in [4.69, 9.17) is 4.74 Å². The Hall–Kier alpha value is -2.28. The van der Waals surface area contributed by atoms with Crippen LogP contribution in [-0.4, -0.2) is 41.6 Å². The monoisotopic (exact) mass is 371 g/mol. The van der Waals surface area contributed by atoms with Gasteiger partial charge in [-0.2, -0.15) is 0 Å². The third-order valence-corrected chi connectivity index (χ3v) is 7.11. The first kappa shape index (κ1) is 15.9. The molecule has 5 aliphatic rings. The van der Waals surface area contributed by atoms with Gasteiger partial charge in [0.25, 0.3) is 0 Å². The molecule has 2 heterocycles. The van der Waals surface area contributed by atoms with Crippen LogP contribution in [0.15, 0.2) is 29.7 Å². The van der Waals surface area contributed by atoms with Crippen LogP contribution in [0, 0.1) is 35.5 Å². The number of amides is 2. The molecule has 0 unspecified atom stereocenters. The summed E-state index contributed by atoms with van der Waals surface area (Å²) in [6.45, 7) is -0.781. The molecule has 0 spiro atoms. The number of thiophene rings is 1. The molecule has 7 heteroatoms. The van der Waals surface area contributed by atoms with Gasteiger partial charge in [-0.15, -0.1) is 11.3 Å². The Kier molecular flexibility index (Phi) is 3.44. The molecule has 6 rings (SSSR count). The van der Waals surface area contributed by atoms with Crippen LogP contribution in [-0.2, 0) is 19.1 Å². The van der Waals surface area contributed by atoms with Crippen molar-refractivity contribution in [3.05, 3.63) is 34.5 Å². The molecule has 6 nitrogen and oxygen atoms in total. The Morgan fingerprint density at radius 3 is 2.35 bits per heavy atom. The molecule has 2 bridgehead atoms. The molecular formula is C19H17NO5S. The van der Waals surface area contributed by atoms with Crippen molar-refractivity contribution in [1.29, 1.82) is 0 Å². The van der Waals surface area contributed by atoms with Gasteiger partial charge in [0.15, 0.2) is 6.61 Å². The van der Waals surface area contributed by atoms with Gasteiger partial charge in [0.2, 0.25) is 17.6 Å². The van der Waals surface area contributed by atoms with Crippen LogP contribution in [0.5, 0.6) is 0 Å². The third kappa shape index (κ3) is 2.23. The molecule has 0 N–H and O–H groups in total. The quantitative estimate of drug-likeness (QED) is 0.339. The number of allylic oxidation sites excluding steroid dienone is 2. The van der Waals surface area contributed by atoms with Crippen molar-refractivity contribution in [2.75, 3.05) is 13.2 Å². The van der Waals surface area contributed by atoms with Gasteiger partial charge in [-0.25, -0.2) is 0 Å². The summed E-state index contributed by atoms with van der Waals surface area (Å²) in [5, 5.41) is 1.77. The van der Waals surface area contributed by atoms with E-state index in [0.717, 1.165) is 11.3 Å². The minimum atomic E-state index is -0.722. The van der Waals surface area contributed by atoms with Crippen molar-refractivity contribution >= 4 is 34.9 Å². The fraction of sp³-hybridized carbons (Fsp3) is 0.474. The summed E-state index contributed by atoms with van der Waals surface area (Å²) in [6, 6.07) is 3.41. The molecule has 26 heavy (non-hydrogen) atoms. The normalized spacial score (nSPS) is 36.1. The maximum atomic E-state index is 12.8. The molecule has 1 aromatic rings. The van der Waals surface area contributed by atoms with Crippen LogP contribution in [0.3, 0.4) is 0 Å². The largest absolute Gasteiger partial charge is 0.456 e. The van der Waals surface area contributed by atoms with E-state index < -0.39 is 12.5 Å².